The molecule has 0 fully saturated rings. The van der Waals surface area contributed by atoms with E-state index in [0.717, 1.165) is 34.2 Å². The fraction of sp³-hybridized carbons (Fsp3) is 0.300. The Morgan fingerprint density at radius 3 is 2.54 bits per heavy atom. The highest BCUT2D eigenvalue weighted by atomic mass is 32.2. The zero-order valence-electron chi connectivity index (χ0n) is 16.1. The number of carbonyl (C=O) groups is 1. The van der Waals surface area contributed by atoms with Gasteiger partial charge in [-0.15, -0.1) is 0 Å². The molecule has 1 amide bonds. The molecule has 8 heteroatoms. The van der Waals surface area contributed by atoms with Crippen molar-refractivity contribution in [2.75, 3.05) is 10.0 Å². The lowest BCUT2D eigenvalue weighted by atomic mass is 10.2. The van der Waals surface area contributed by atoms with E-state index in [4.69, 9.17) is 0 Å². The van der Waals surface area contributed by atoms with Crippen LogP contribution in [-0.2, 0) is 14.8 Å². The Hall–Kier alpha value is -2.45. The van der Waals surface area contributed by atoms with E-state index in [2.05, 4.69) is 15.0 Å². The van der Waals surface area contributed by atoms with Crippen LogP contribution in [0.15, 0.2) is 41.3 Å². The van der Waals surface area contributed by atoms with Gasteiger partial charge in [0, 0.05) is 12.1 Å². The normalized spacial score (nSPS) is 11.5. The van der Waals surface area contributed by atoms with Gasteiger partial charge < -0.3 is 5.32 Å². The van der Waals surface area contributed by atoms with Crippen molar-refractivity contribution in [3.05, 3.63) is 47.5 Å². The van der Waals surface area contributed by atoms with Crippen LogP contribution in [0.5, 0.6) is 0 Å². The van der Waals surface area contributed by atoms with Crippen molar-refractivity contribution in [3.63, 3.8) is 0 Å². The average Bonchev–Trinajstić information content (AvgIpc) is 3.02. The van der Waals surface area contributed by atoms with Gasteiger partial charge in [-0.3, -0.25) is 9.52 Å². The van der Waals surface area contributed by atoms with E-state index < -0.39 is 10.0 Å². The number of aryl methyl sites for hydroxylation is 2. The van der Waals surface area contributed by atoms with Crippen LogP contribution in [0.2, 0.25) is 0 Å². The van der Waals surface area contributed by atoms with Gasteiger partial charge in [-0.25, -0.2) is 13.4 Å². The van der Waals surface area contributed by atoms with Crippen LogP contribution in [0.3, 0.4) is 0 Å². The number of carbonyl (C=O) groups excluding carboxylic acids is 1. The second kappa shape index (κ2) is 8.28. The van der Waals surface area contributed by atoms with E-state index in [1.165, 1.54) is 11.3 Å². The highest BCUT2D eigenvalue weighted by molar-refractivity contribution is 7.93. The Morgan fingerprint density at radius 2 is 1.86 bits per heavy atom. The first-order valence-corrected chi connectivity index (χ1v) is 11.4. The Morgan fingerprint density at radius 1 is 1.14 bits per heavy atom. The summed E-state index contributed by atoms with van der Waals surface area (Å²) in [5.41, 5.74) is 3.28. The minimum absolute atomic E-state index is 0.0228. The Balaban J connectivity index is 1.84. The van der Waals surface area contributed by atoms with E-state index in [0.29, 0.717) is 17.2 Å². The average molecular weight is 418 g/mol. The highest BCUT2D eigenvalue weighted by Crippen LogP contribution is 2.32. The van der Waals surface area contributed by atoms with Crippen LogP contribution in [0, 0.1) is 13.8 Å². The van der Waals surface area contributed by atoms with Gasteiger partial charge in [-0.2, -0.15) is 0 Å². The maximum absolute atomic E-state index is 12.6. The first kappa shape index (κ1) is 20.3. The van der Waals surface area contributed by atoms with Gasteiger partial charge in [-0.05, 0) is 50.1 Å². The third-order valence-corrected chi connectivity index (χ3v) is 6.68. The van der Waals surface area contributed by atoms with Gasteiger partial charge >= 0.3 is 0 Å². The molecule has 2 N–H and O–H groups in total. The number of hydrogen-bond donors (Lipinski definition) is 2. The van der Waals surface area contributed by atoms with Crippen molar-refractivity contribution in [1.82, 2.24) is 4.98 Å². The van der Waals surface area contributed by atoms with Crippen molar-refractivity contribution < 1.29 is 13.2 Å². The number of sulfonamides is 1. The number of amides is 1. The number of thiazole rings is 1. The Kier molecular flexibility index (Phi) is 6.00. The zero-order chi connectivity index (χ0) is 20.3. The fourth-order valence-corrected chi connectivity index (χ4v) is 4.98. The number of hydrogen-bond acceptors (Lipinski definition) is 5. The maximum Gasteiger partial charge on any atom is 0.263 e. The molecular weight excluding hydrogens is 394 g/mol. The molecule has 3 rings (SSSR count). The molecule has 1 heterocycles. The number of nitrogens with one attached hydrogen (secondary N) is 2. The highest BCUT2D eigenvalue weighted by Gasteiger charge is 2.17. The van der Waals surface area contributed by atoms with Gasteiger partial charge in [0.1, 0.15) is 0 Å². The standard InChI is InChI=1S/C20H23N3O3S2/c1-4-5-6-18(24)21-15-11-14(3)19-17(12-15)27-20(22-19)23-28(25,26)16-9-7-13(2)8-10-16/h7-12H,4-6H2,1-3H3,(H,21,24)(H,22,23). The fourth-order valence-electron chi connectivity index (χ4n) is 2.76. The number of rotatable bonds is 7. The van der Waals surface area contributed by atoms with Crippen LogP contribution in [0.4, 0.5) is 10.8 Å². The quantitative estimate of drug-likeness (QED) is 0.576. The van der Waals surface area contributed by atoms with E-state index in [1.54, 1.807) is 24.3 Å². The molecule has 1 aromatic heterocycles. The summed E-state index contributed by atoms with van der Waals surface area (Å²) in [4.78, 5) is 16.6. The molecule has 0 spiro atoms. The van der Waals surface area contributed by atoms with Crippen molar-refractivity contribution in [1.29, 1.82) is 0 Å². The van der Waals surface area contributed by atoms with Crippen LogP contribution < -0.4 is 10.0 Å². The number of fused-ring (bicyclic) bond motifs is 1. The summed E-state index contributed by atoms with van der Waals surface area (Å²) >= 11 is 1.24. The smallest absolute Gasteiger partial charge is 0.263 e. The van der Waals surface area contributed by atoms with Crippen molar-refractivity contribution in [3.8, 4) is 0 Å². The second-order valence-corrected chi connectivity index (χ2v) is 9.44. The molecule has 2 aromatic carbocycles. The number of benzene rings is 2. The van der Waals surface area contributed by atoms with E-state index in [-0.39, 0.29) is 10.8 Å². The van der Waals surface area contributed by atoms with Crippen molar-refractivity contribution in [2.45, 2.75) is 44.9 Å². The largest absolute Gasteiger partial charge is 0.326 e. The summed E-state index contributed by atoms with van der Waals surface area (Å²) in [6, 6.07) is 10.3. The maximum atomic E-state index is 12.6. The zero-order valence-corrected chi connectivity index (χ0v) is 17.7. The number of aromatic nitrogens is 1. The van der Waals surface area contributed by atoms with E-state index >= 15 is 0 Å². The van der Waals surface area contributed by atoms with Crippen LogP contribution in [0.25, 0.3) is 10.2 Å². The molecule has 0 aliphatic heterocycles. The van der Waals surface area contributed by atoms with Crippen LogP contribution in [0.1, 0.15) is 37.3 Å². The lowest BCUT2D eigenvalue weighted by Crippen LogP contribution is -2.12. The SMILES string of the molecule is CCCCC(=O)Nc1cc(C)c2nc(NS(=O)(=O)c3ccc(C)cc3)sc2c1. The molecular formula is C20H23N3O3S2. The van der Waals surface area contributed by atoms with Gasteiger partial charge in [0.2, 0.25) is 5.91 Å². The molecule has 0 aliphatic rings. The molecule has 0 radical (unpaired) electrons. The lowest BCUT2D eigenvalue weighted by molar-refractivity contribution is -0.116. The Labute approximate surface area is 169 Å². The number of anilines is 2. The third kappa shape index (κ3) is 4.69. The molecule has 3 aromatic rings. The summed E-state index contributed by atoms with van der Waals surface area (Å²) in [5.74, 6) is -0.0228. The number of nitrogens with zero attached hydrogens (tertiary/aromatic N) is 1. The summed E-state index contributed by atoms with van der Waals surface area (Å²) in [5, 5.41) is 3.20. The monoisotopic (exact) mass is 417 g/mol. The minimum Gasteiger partial charge on any atom is -0.326 e. The minimum atomic E-state index is -3.70. The molecule has 0 unspecified atom stereocenters. The molecule has 0 saturated carbocycles. The molecule has 28 heavy (non-hydrogen) atoms. The number of unbranched alkanes of at least 4 members (excludes halogenated alkanes) is 1. The van der Waals surface area contributed by atoms with Gasteiger partial charge in [0.15, 0.2) is 5.13 Å². The first-order valence-electron chi connectivity index (χ1n) is 9.09. The van der Waals surface area contributed by atoms with Crippen molar-refractivity contribution >= 4 is 48.3 Å². The third-order valence-electron chi connectivity index (χ3n) is 4.28. The van der Waals surface area contributed by atoms with Gasteiger partial charge in [0.05, 0.1) is 15.1 Å². The van der Waals surface area contributed by atoms with E-state index in [9.17, 15) is 13.2 Å². The molecule has 6 nitrogen and oxygen atoms in total. The predicted molar refractivity (Wildman–Crippen MR) is 114 cm³/mol. The summed E-state index contributed by atoms with van der Waals surface area (Å²) in [6.45, 7) is 5.83. The topological polar surface area (TPSA) is 88.2 Å². The summed E-state index contributed by atoms with van der Waals surface area (Å²) < 4.78 is 28.5. The lowest BCUT2D eigenvalue weighted by Gasteiger charge is -2.06. The molecule has 0 aliphatic carbocycles. The molecule has 0 bridgehead atoms. The predicted octanol–water partition coefficient (Wildman–Crippen LogP) is 4.84. The van der Waals surface area contributed by atoms with E-state index in [1.807, 2.05) is 32.9 Å². The van der Waals surface area contributed by atoms with Crippen LogP contribution in [-0.4, -0.2) is 19.3 Å². The van der Waals surface area contributed by atoms with Crippen molar-refractivity contribution in [2.24, 2.45) is 0 Å². The Bertz CT molecular complexity index is 1100. The summed E-state index contributed by atoms with van der Waals surface area (Å²) in [7, 11) is -3.70. The van der Waals surface area contributed by atoms with Crippen LogP contribution >= 0.6 is 11.3 Å². The van der Waals surface area contributed by atoms with Gasteiger partial charge in [-0.1, -0.05) is 42.4 Å². The summed E-state index contributed by atoms with van der Waals surface area (Å²) in [6.07, 6.45) is 2.29. The first-order chi connectivity index (χ1) is 13.3. The second-order valence-electron chi connectivity index (χ2n) is 6.73. The molecule has 0 saturated heterocycles. The molecule has 148 valence electrons. The molecule has 0 atom stereocenters. The van der Waals surface area contributed by atoms with Gasteiger partial charge in [0.25, 0.3) is 10.0 Å².